The summed E-state index contributed by atoms with van der Waals surface area (Å²) >= 11 is 0. The van der Waals surface area contributed by atoms with E-state index in [9.17, 15) is 4.79 Å². The summed E-state index contributed by atoms with van der Waals surface area (Å²) in [7, 11) is 1.94. The van der Waals surface area contributed by atoms with Crippen LogP contribution in [-0.2, 0) is 6.42 Å². The molecule has 2 rings (SSSR count). The van der Waals surface area contributed by atoms with Crippen molar-refractivity contribution in [2.75, 3.05) is 13.6 Å². The molecule has 0 aliphatic heterocycles. The van der Waals surface area contributed by atoms with Crippen molar-refractivity contribution in [3.05, 3.63) is 35.4 Å². The van der Waals surface area contributed by atoms with Crippen molar-refractivity contribution in [1.82, 2.24) is 4.90 Å². The van der Waals surface area contributed by atoms with E-state index in [0.29, 0.717) is 12.6 Å². The Hall–Kier alpha value is -1.35. The summed E-state index contributed by atoms with van der Waals surface area (Å²) in [5.41, 5.74) is 7.51. The average molecular weight is 260 g/mol. The fraction of sp³-hybridized carbons (Fsp3) is 0.562. The Labute approximate surface area is 115 Å². The number of benzene rings is 1. The SMILES string of the molecule is CN(C(=O)c1ccc(CCN)cc1)C1CCCCC1. The van der Waals surface area contributed by atoms with Gasteiger partial charge < -0.3 is 10.6 Å². The van der Waals surface area contributed by atoms with E-state index >= 15 is 0 Å². The Balaban J connectivity index is 2.01. The lowest BCUT2D eigenvalue weighted by atomic mass is 9.94. The first-order valence-corrected chi connectivity index (χ1v) is 7.28. The maximum atomic E-state index is 12.4. The van der Waals surface area contributed by atoms with Crippen LogP contribution in [0.5, 0.6) is 0 Å². The molecule has 0 heterocycles. The van der Waals surface area contributed by atoms with Gasteiger partial charge in [-0.3, -0.25) is 4.79 Å². The summed E-state index contributed by atoms with van der Waals surface area (Å²) in [5, 5.41) is 0. The van der Waals surface area contributed by atoms with Crippen molar-refractivity contribution in [3.63, 3.8) is 0 Å². The highest BCUT2D eigenvalue weighted by molar-refractivity contribution is 5.94. The third-order valence-electron chi connectivity index (χ3n) is 4.08. The Kier molecular flexibility index (Phi) is 4.97. The van der Waals surface area contributed by atoms with Crippen LogP contribution >= 0.6 is 0 Å². The van der Waals surface area contributed by atoms with Crippen LogP contribution < -0.4 is 5.73 Å². The summed E-state index contributed by atoms with van der Waals surface area (Å²) in [6.07, 6.45) is 6.97. The van der Waals surface area contributed by atoms with Crippen LogP contribution in [0.4, 0.5) is 0 Å². The first-order chi connectivity index (χ1) is 9.22. The molecule has 1 aliphatic carbocycles. The number of rotatable bonds is 4. The predicted octanol–water partition coefficient (Wildman–Crippen LogP) is 2.59. The van der Waals surface area contributed by atoms with Gasteiger partial charge in [-0.1, -0.05) is 31.4 Å². The molecule has 3 heteroatoms. The van der Waals surface area contributed by atoms with Crippen molar-refractivity contribution in [2.45, 2.75) is 44.6 Å². The van der Waals surface area contributed by atoms with E-state index in [-0.39, 0.29) is 5.91 Å². The van der Waals surface area contributed by atoms with E-state index in [4.69, 9.17) is 5.73 Å². The molecule has 2 N–H and O–H groups in total. The molecule has 1 aliphatic rings. The van der Waals surface area contributed by atoms with E-state index in [1.54, 1.807) is 0 Å². The Morgan fingerprint density at radius 3 is 2.42 bits per heavy atom. The van der Waals surface area contributed by atoms with Gasteiger partial charge in [0.1, 0.15) is 0 Å². The van der Waals surface area contributed by atoms with Gasteiger partial charge in [0.2, 0.25) is 0 Å². The molecule has 1 amide bonds. The van der Waals surface area contributed by atoms with E-state index in [1.807, 2.05) is 36.2 Å². The van der Waals surface area contributed by atoms with Gasteiger partial charge >= 0.3 is 0 Å². The fourth-order valence-corrected chi connectivity index (χ4v) is 2.82. The van der Waals surface area contributed by atoms with Gasteiger partial charge in [0.25, 0.3) is 5.91 Å². The van der Waals surface area contributed by atoms with Gasteiger partial charge in [-0.15, -0.1) is 0 Å². The van der Waals surface area contributed by atoms with Crippen molar-refractivity contribution in [2.24, 2.45) is 5.73 Å². The largest absolute Gasteiger partial charge is 0.339 e. The molecular formula is C16H24N2O. The van der Waals surface area contributed by atoms with Gasteiger partial charge in [-0.05, 0) is 43.5 Å². The van der Waals surface area contributed by atoms with Crippen LogP contribution in [0.15, 0.2) is 24.3 Å². The minimum absolute atomic E-state index is 0.145. The predicted molar refractivity (Wildman–Crippen MR) is 78.2 cm³/mol. The van der Waals surface area contributed by atoms with E-state index in [0.717, 1.165) is 24.8 Å². The molecule has 0 atom stereocenters. The molecule has 1 aromatic rings. The lowest BCUT2D eigenvalue weighted by Gasteiger charge is -2.31. The zero-order valence-electron chi connectivity index (χ0n) is 11.8. The Morgan fingerprint density at radius 2 is 1.84 bits per heavy atom. The number of nitrogens with two attached hydrogens (primary N) is 1. The molecule has 0 aromatic heterocycles. The third-order valence-corrected chi connectivity index (χ3v) is 4.08. The maximum absolute atomic E-state index is 12.4. The highest BCUT2D eigenvalue weighted by Crippen LogP contribution is 2.22. The van der Waals surface area contributed by atoms with E-state index in [1.165, 1.54) is 24.8 Å². The lowest BCUT2D eigenvalue weighted by Crippen LogP contribution is -2.38. The van der Waals surface area contributed by atoms with Crippen LogP contribution in [0.2, 0.25) is 0 Å². The number of nitrogens with zero attached hydrogens (tertiary/aromatic N) is 1. The van der Waals surface area contributed by atoms with Gasteiger partial charge in [0, 0.05) is 18.7 Å². The second kappa shape index (κ2) is 6.71. The molecule has 1 aromatic carbocycles. The highest BCUT2D eigenvalue weighted by atomic mass is 16.2. The molecular weight excluding hydrogens is 236 g/mol. The summed E-state index contributed by atoms with van der Waals surface area (Å²) in [4.78, 5) is 14.3. The number of hydrogen-bond donors (Lipinski definition) is 1. The molecule has 1 saturated carbocycles. The Bertz CT molecular complexity index is 407. The quantitative estimate of drug-likeness (QED) is 0.904. The molecule has 19 heavy (non-hydrogen) atoms. The first kappa shape index (κ1) is 14.1. The summed E-state index contributed by atoms with van der Waals surface area (Å²) < 4.78 is 0. The molecule has 0 spiro atoms. The van der Waals surface area contributed by atoms with Gasteiger partial charge in [0.05, 0.1) is 0 Å². The van der Waals surface area contributed by atoms with Gasteiger partial charge in [-0.25, -0.2) is 0 Å². The summed E-state index contributed by atoms with van der Waals surface area (Å²) in [6.45, 7) is 0.648. The smallest absolute Gasteiger partial charge is 0.253 e. The molecule has 0 unspecified atom stereocenters. The fourth-order valence-electron chi connectivity index (χ4n) is 2.82. The first-order valence-electron chi connectivity index (χ1n) is 7.28. The molecule has 0 radical (unpaired) electrons. The average Bonchev–Trinajstić information content (AvgIpc) is 2.48. The van der Waals surface area contributed by atoms with E-state index in [2.05, 4.69) is 0 Å². The van der Waals surface area contributed by atoms with Gasteiger partial charge in [-0.2, -0.15) is 0 Å². The Morgan fingerprint density at radius 1 is 1.21 bits per heavy atom. The molecule has 0 saturated heterocycles. The molecule has 0 bridgehead atoms. The molecule has 104 valence electrons. The number of carbonyl (C=O) groups excluding carboxylic acids is 1. The van der Waals surface area contributed by atoms with Crippen LogP contribution in [0.1, 0.15) is 48.0 Å². The van der Waals surface area contributed by atoms with Crippen molar-refractivity contribution in [1.29, 1.82) is 0 Å². The highest BCUT2D eigenvalue weighted by Gasteiger charge is 2.22. The standard InChI is InChI=1S/C16H24N2O/c1-18(15-5-3-2-4-6-15)16(19)14-9-7-13(8-10-14)11-12-17/h7-10,15H,2-6,11-12,17H2,1H3. The maximum Gasteiger partial charge on any atom is 0.253 e. The summed E-state index contributed by atoms with van der Waals surface area (Å²) in [6, 6.07) is 8.29. The molecule has 3 nitrogen and oxygen atoms in total. The zero-order valence-corrected chi connectivity index (χ0v) is 11.8. The topological polar surface area (TPSA) is 46.3 Å². The zero-order chi connectivity index (χ0) is 13.7. The second-order valence-corrected chi connectivity index (χ2v) is 5.44. The molecule has 1 fully saturated rings. The van der Waals surface area contributed by atoms with Crippen LogP contribution in [-0.4, -0.2) is 30.4 Å². The van der Waals surface area contributed by atoms with Crippen LogP contribution in [0.3, 0.4) is 0 Å². The van der Waals surface area contributed by atoms with Crippen molar-refractivity contribution in [3.8, 4) is 0 Å². The number of hydrogen-bond acceptors (Lipinski definition) is 2. The minimum atomic E-state index is 0.145. The number of carbonyl (C=O) groups is 1. The van der Waals surface area contributed by atoms with Crippen molar-refractivity contribution < 1.29 is 4.79 Å². The van der Waals surface area contributed by atoms with Crippen LogP contribution in [0, 0.1) is 0 Å². The minimum Gasteiger partial charge on any atom is -0.339 e. The van der Waals surface area contributed by atoms with Crippen molar-refractivity contribution >= 4 is 5.91 Å². The van der Waals surface area contributed by atoms with Crippen LogP contribution in [0.25, 0.3) is 0 Å². The normalized spacial score (nSPS) is 16.3. The third kappa shape index (κ3) is 3.57. The second-order valence-electron chi connectivity index (χ2n) is 5.44. The van der Waals surface area contributed by atoms with E-state index < -0.39 is 0 Å². The lowest BCUT2D eigenvalue weighted by molar-refractivity contribution is 0.0696. The summed E-state index contributed by atoms with van der Waals surface area (Å²) in [5.74, 6) is 0.145. The monoisotopic (exact) mass is 260 g/mol. The van der Waals surface area contributed by atoms with Gasteiger partial charge in [0.15, 0.2) is 0 Å². The number of amides is 1.